The molecule has 0 saturated heterocycles. The topological polar surface area (TPSA) is 80.0 Å². The monoisotopic (exact) mass is 248 g/mol. The van der Waals surface area contributed by atoms with E-state index in [4.69, 9.17) is 5.84 Å². The lowest BCUT2D eigenvalue weighted by atomic mass is 10.3. The zero-order chi connectivity index (χ0) is 12.1. The Kier molecular flexibility index (Phi) is 3.69. The van der Waals surface area contributed by atoms with E-state index < -0.39 is 0 Å². The Bertz CT molecular complexity index is 498. The minimum absolute atomic E-state index is 0.215. The van der Waals surface area contributed by atoms with Crippen LogP contribution in [0.15, 0.2) is 35.0 Å². The summed E-state index contributed by atoms with van der Waals surface area (Å²) in [7, 11) is 0. The molecule has 0 aliphatic heterocycles. The number of carbonyl (C=O) groups is 1. The first-order valence-electron chi connectivity index (χ1n) is 5.02. The summed E-state index contributed by atoms with van der Waals surface area (Å²) in [5.41, 5.74) is 3.83. The van der Waals surface area contributed by atoms with E-state index in [9.17, 15) is 4.79 Å². The Morgan fingerprint density at radius 1 is 1.41 bits per heavy atom. The van der Waals surface area contributed by atoms with Crippen molar-refractivity contribution in [2.24, 2.45) is 5.84 Å². The highest BCUT2D eigenvalue weighted by Gasteiger charge is 2.07. The number of thiophene rings is 1. The molecule has 0 saturated carbocycles. The van der Waals surface area contributed by atoms with Crippen molar-refractivity contribution in [1.29, 1.82) is 0 Å². The van der Waals surface area contributed by atoms with Crippen LogP contribution in [0.3, 0.4) is 0 Å². The number of aromatic nitrogens is 1. The Balaban J connectivity index is 1.99. The molecule has 4 N–H and O–H groups in total. The summed E-state index contributed by atoms with van der Waals surface area (Å²) < 4.78 is 0. The van der Waals surface area contributed by atoms with Crippen molar-refractivity contribution in [3.8, 4) is 0 Å². The Labute approximate surface area is 103 Å². The van der Waals surface area contributed by atoms with E-state index >= 15 is 0 Å². The first kappa shape index (κ1) is 11.6. The van der Waals surface area contributed by atoms with Crippen LogP contribution in [0.5, 0.6) is 0 Å². The van der Waals surface area contributed by atoms with Crippen LogP contribution < -0.4 is 16.6 Å². The van der Waals surface area contributed by atoms with Gasteiger partial charge in [0, 0.05) is 6.54 Å². The number of anilines is 1. The van der Waals surface area contributed by atoms with E-state index in [0.29, 0.717) is 18.1 Å². The molecule has 0 radical (unpaired) electrons. The summed E-state index contributed by atoms with van der Waals surface area (Å²) >= 11 is 1.60. The van der Waals surface area contributed by atoms with Crippen LogP contribution >= 0.6 is 11.3 Å². The third kappa shape index (κ3) is 3.02. The summed E-state index contributed by atoms with van der Waals surface area (Å²) in [6, 6.07) is 7.03. The first-order chi connectivity index (χ1) is 8.29. The number of hydrogen-bond acceptors (Lipinski definition) is 5. The van der Waals surface area contributed by atoms with E-state index in [1.165, 1.54) is 0 Å². The first-order valence-corrected chi connectivity index (χ1v) is 5.97. The van der Waals surface area contributed by atoms with Gasteiger partial charge in [-0.15, -0.1) is 0 Å². The highest BCUT2D eigenvalue weighted by atomic mass is 32.1. The normalized spacial score (nSPS) is 9.94. The second-order valence-electron chi connectivity index (χ2n) is 3.37. The molecule has 6 heteroatoms. The predicted molar refractivity (Wildman–Crippen MR) is 67.5 cm³/mol. The standard InChI is InChI=1S/C11H12N4OS/c12-15-10-3-1-2-9(14-10)11(16)13-6-8-4-5-17-7-8/h1-5,7H,6,12H2,(H,13,16)(H,14,15). The minimum Gasteiger partial charge on any atom is -0.347 e. The third-order valence-corrected chi connectivity index (χ3v) is 2.89. The number of carbonyl (C=O) groups excluding carboxylic acids is 1. The summed E-state index contributed by atoms with van der Waals surface area (Å²) in [6.45, 7) is 0.504. The molecule has 0 aliphatic rings. The van der Waals surface area contributed by atoms with Crippen molar-refractivity contribution in [2.75, 3.05) is 5.43 Å². The van der Waals surface area contributed by atoms with Gasteiger partial charge in [0.1, 0.15) is 11.5 Å². The van der Waals surface area contributed by atoms with Gasteiger partial charge in [-0.25, -0.2) is 10.8 Å². The van der Waals surface area contributed by atoms with E-state index in [1.807, 2.05) is 16.8 Å². The zero-order valence-electron chi connectivity index (χ0n) is 9.01. The Morgan fingerprint density at radius 3 is 3.00 bits per heavy atom. The fourth-order valence-corrected chi connectivity index (χ4v) is 1.98. The van der Waals surface area contributed by atoms with Gasteiger partial charge in [0.25, 0.3) is 5.91 Å². The fraction of sp³-hybridized carbons (Fsp3) is 0.0909. The maximum absolute atomic E-state index is 11.8. The molecule has 0 bridgehead atoms. The summed E-state index contributed by atoms with van der Waals surface area (Å²) in [6.07, 6.45) is 0. The van der Waals surface area contributed by atoms with Crippen LogP contribution in [0.25, 0.3) is 0 Å². The van der Waals surface area contributed by atoms with Gasteiger partial charge in [-0.2, -0.15) is 11.3 Å². The van der Waals surface area contributed by atoms with Gasteiger partial charge >= 0.3 is 0 Å². The highest BCUT2D eigenvalue weighted by molar-refractivity contribution is 7.07. The number of nitrogens with zero attached hydrogens (tertiary/aromatic N) is 1. The molecule has 2 aromatic heterocycles. The van der Waals surface area contributed by atoms with Crippen molar-refractivity contribution in [2.45, 2.75) is 6.54 Å². The van der Waals surface area contributed by atoms with Crippen LogP contribution in [0.2, 0.25) is 0 Å². The summed E-state index contributed by atoms with van der Waals surface area (Å²) in [5.74, 6) is 5.48. The fourth-order valence-electron chi connectivity index (χ4n) is 1.31. The average Bonchev–Trinajstić information content (AvgIpc) is 2.89. The number of rotatable bonds is 4. The minimum atomic E-state index is -0.215. The number of amides is 1. The molecular formula is C11H12N4OS. The van der Waals surface area contributed by atoms with Crippen LogP contribution in [-0.2, 0) is 6.54 Å². The number of pyridine rings is 1. The second-order valence-corrected chi connectivity index (χ2v) is 4.15. The van der Waals surface area contributed by atoms with Gasteiger partial charge in [0.2, 0.25) is 0 Å². The second kappa shape index (κ2) is 5.42. The number of nitrogens with two attached hydrogens (primary N) is 1. The predicted octanol–water partition coefficient (Wildman–Crippen LogP) is 1.36. The highest BCUT2D eigenvalue weighted by Crippen LogP contribution is 2.06. The van der Waals surface area contributed by atoms with Crippen molar-refractivity contribution >= 4 is 23.1 Å². The zero-order valence-corrected chi connectivity index (χ0v) is 9.83. The van der Waals surface area contributed by atoms with Crippen LogP contribution in [0.4, 0.5) is 5.82 Å². The number of hydrogen-bond donors (Lipinski definition) is 3. The van der Waals surface area contributed by atoms with Crippen LogP contribution in [0, 0.1) is 0 Å². The SMILES string of the molecule is NNc1cccc(C(=O)NCc2ccsc2)n1. The molecule has 88 valence electrons. The maximum atomic E-state index is 11.8. The van der Waals surface area contributed by atoms with Crippen molar-refractivity contribution in [3.05, 3.63) is 46.3 Å². The quantitative estimate of drug-likeness (QED) is 0.564. The Hall–Kier alpha value is -1.92. The number of nitrogen functional groups attached to an aromatic ring is 1. The number of hydrazine groups is 1. The van der Waals surface area contributed by atoms with E-state index in [2.05, 4.69) is 15.7 Å². The summed E-state index contributed by atoms with van der Waals surface area (Å²) in [5, 5.41) is 6.75. The molecule has 0 spiro atoms. The van der Waals surface area contributed by atoms with Crippen LogP contribution in [0.1, 0.15) is 16.1 Å². The molecule has 1 amide bonds. The molecule has 17 heavy (non-hydrogen) atoms. The van der Waals surface area contributed by atoms with E-state index in [0.717, 1.165) is 5.56 Å². The van der Waals surface area contributed by atoms with E-state index in [-0.39, 0.29) is 5.91 Å². The average molecular weight is 248 g/mol. The molecular weight excluding hydrogens is 236 g/mol. The van der Waals surface area contributed by atoms with Crippen molar-refractivity contribution in [3.63, 3.8) is 0 Å². The molecule has 0 aliphatic carbocycles. The van der Waals surface area contributed by atoms with Crippen LogP contribution in [-0.4, -0.2) is 10.9 Å². The molecule has 0 fully saturated rings. The molecule has 2 heterocycles. The molecule has 0 aromatic carbocycles. The van der Waals surface area contributed by atoms with Gasteiger partial charge in [0.15, 0.2) is 0 Å². The molecule has 0 atom stereocenters. The lowest BCUT2D eigenvalue weighted by Gasteiger charge is -2.04. The molecule has 2 rings (SSSR count). The summed E-state index contributed by atoms with van der Waals surface area (Å²) in [4.78, 5) is 15.8. The van der Waals surface area contributed by atoms with Gasteiger partial charge in [-0.3, -0.25) is 4.79 Å². The molecule has 2 aromatic rings. The van der Waals surface area contributed by atoms with Crippen molar-refractivity contribution in [1.82, 2.24) is 10.3 Å². The number of nitrogens with one attached hydrogen (secondary N) is 2. The lowest BCUT2D eigenvalue weighted by Crippen LogP contribution is -2.24. The van der Waals surface area contributed by atoms with Gasteiger partial charge in [0.05, 0.1) is 0 Å². The Morgan fingerprint density at radius 2 is 2.29 bits per heavy atom. The maximum Gasteiger partial charge on any atom is 0.270 e. The smallest absolute Gasteiger partial charge is 0.270 e. The van der Waals surface area contributed by atoms with Gasteiger partial charge < -0.3 is 10.7 Å². The molecule has 5 nitrogen and oxygen atoms in total. The van der Waals surface area contributed by atoms with Gasteiger partial charge in [-0.05, 0) is 34.5 Å². The largest absolute Gasteiger partial charge is 0.347 e. The van der Waals surface area contributed by atoms with Gasteiger partial charge in [-0.1, -0.05) is 6.07 Å². The van der Waals surface area contributed by atoms with E-state index in [1.54, 1.807) is 29.5 Å². The molecule has 0 unspecified atom stereocenters. The van der Waals surface area contributed by atoms with Crippen molar-refractivity contribution < 1.29 is 4.79 Å². The third-order valence-electron chi connectivity index (χ3n) is 2.16. The lowest BCUT2D eigenvalue weighted by molar-refractivity contribution is 0.0946.